The number of rotatable bonds is 6. The van der Waals surface area contributed by atoms with Crippen LogP contribution in [0.15, 0.2) is 18.2 Å². The molecule has 0 unspecified atom stereocenters. The SMILES string of the molecule is CCOC(=O)C1CCN(C(=O)CNc2cc(Cl)ccc2OC)CC1. The van der Waals surface area contributed by atoms with Crippen molar-refractivity contribution in [2.24, 2.45) is 5.92 Å². The summed E-state index contributed by atoms with van der Waals surface area (Å²) in [6, 6.07) is 5.20. The first-order valence-electron chi connectivity index (χ1n) is 8.07. The second-order valence-electron chi connectivity index (χ2n) is 5.61. The molecule has 2 rings (SSSR count). The fourth-order valence-electron chi connectivity index (χ4n) is 2.73. The maximum atomic E-state index is 12.3. The van der Waals surface area contributed by atoms with E-state index in [1.807, 2.05) is 0 Å². The molecule has 1 aliphatic heterocycles. The van der Waals surface area contributed by atoms with E-state index in [0.717, 1.165) is 0 Å². The molecule has 1 amide bonds. The molecule has 0 atom stereocenters. The molecule has 1 aromatic carbocycles. The van der Waals surface area contributed by atoms with Gasteiger partial charge in [-0.2, -0.15) is 0 Å². The Hall–Kier alpha value is -1.95. The number of carbonyl (C=O) groups is 2. The van der Waals surface area contributed by atoms with Gasteiger partial charge in [-0.15, -0.1) is 0 Å². The highest BCUT2D eigenvalue weighted by Crippen LogP contribution is 2.27. The van der Waals surface area contributed by atoms with Crippen LogP contribution < -0.4 is 10.1 Å². The normalized spacial score (nSPS) is 15.0. The van der Waals surface area contributed by atoms with Gasteiger partial charge in [0.1, 0.15) is 5.75 Å². The molecule has 1 heterocycles. The molecule has 0 spiro atoms. The molecule has 0 aliphatic carbocycles. The number of carbonyl (C=O) groups excluding carboxylic acids is 2. The Morgan fingerprint density at radius 3 is 2.67 bits per heavy atom. The average molecular weight is 355 g/mol. The van der Waals surface area contributed by atoms with Crippen molar-refractivity contribution in [3.63, 3.8) is 0 Å². The van der Waals surface area contributed by atoms with Crippen LogP contribution in [0.2, 0.25) is 5.02 Å². The van der Waals surface area contributed by atoms with Gasteiger partial charge >= 0.3 is 5.97 Å². The van der Waals surface area contributed by atoms with Crippen LogP contribution in [0.4, 0.5) is 5.69 Å². The first-order chi connectivity index (χ1) is 11.5. The summed E-state index contributed by atoms with van der Waals surface area (Å²) in [4.78, 5) is 25.8. The van der Waals surface area contributed by atoms with Crippen LogP contribution in [-0.2, 0) is 14.3 Å². The lowest BCUT2D eigenvalue weighted by Crippen LogP contribution is -2.43. The Kier molecular flexibility index (Phi) is 6.73. The zero-order chi connectivity index (χ0) is 17.5. The van der Waals surface area contributed by atoms with Crippen molar-refractivity contribution in [3.8, 4) is 5.75 Å². The molecule has 0 radical (unpaired) electrons. The predicted molar refractivity (Wildman–Crippen MR) is 92.4 cm³/mol. The van der Waals surface area contributed by atoms with E-state index in [-0.39, 0.29) is 24.3 Å². The molecule has 1 fully saturated rings. The van der Waals surface area contributed by atoms with Gasteiger partial charge in [-0.05, 0) is 38.0 Å². The third-order valence-electron chi connectivity index (χ3n) is 4.06. The number of likely N-dealkylation sites (tertiary alicyclic amines) is 1. The van der Waals surface area contributed by atoms with Crippen LogP contribution in [0.1, 0.15) is 19.8 Å². The van der Waals surface area contributed by atoms with Gasteiger partial charge < -0.3 is 19.7 Å². The fourth-order valence-corrected chi connectivity index (χ4v) is 2.90. The van der Waals surface area contributed by atoms with E-state index in [4.69, 9.17) is 21.1 Å². The van der Waals surface area contributed by atoms with Crippen LogP contribution in [0, 0.1) is 5.92 Å². The Labute approximate surface area is 147 Å². The summed E-state index contributed by atoms with van der Waals surface area (Å²) >= 11 is 5.97. The third kappa shape index (κ3) is 4.77. The van der Waals surface area contributed by atoms with Crippen LogP contribution in [0.25, 0.3) is 0 Å². The Morgan fingerprint density at radius 2 is 2.04 bits per heavy atom. The minimum Gasteiger partial charge on any atom is -0.495 e. The Balaban J connectivity index is 1.84. The first kappa shape index (κ1) is 18.4. The number of hydrogen-bond acceptors (Lipinski definition) is 5. The summed E-state index contributed by atoms with van der Waals surface area (Å²) in [7, 11) is 1.57. The van der Waals surface area contributed by atoms with Gasteiger partial charge in [0.05, 0.1) is 31.9 Å². The minimum absolute atomic E-state index is 0.0145. The summed E-state index contributed by atoms with van der Waals surface area (Å²) in [5.74, 6) is 0.355. The lowest BCUT2D eigenvalue weighted by Gasteiger charge is -2.31. The molecule has 0 saturated carbocycles. The molecule has 1 aromatic rings. The molecule has 24 heavy (non-hydrogen) atoms. The largest absolute Gasteiger partial charge is 0.495 e. The third-order valence-corrected chi connectivity index (χ3v) is 4.29. The van der Waals surface area contributed by atoms with Gasteiger partial charge in [0.15, 0.2) is 0 Å². The van der Waals surface area contributed by atoms with Crippen molar-refractivity contribution in [2.75, 3.05) is 38.7 Å². The summed E-state index contributed by atoms with van der Waals surface area (Å²) in [5, 5.41) is 3.63. The number of piperidine rings is 1. The molecule has 6 nitrogen and oxygen atoms in total. The molecular weight excluding hydrogens is 332 g/mol. The molecular formula is C17H23ClN2O4. The molecule has 1 saturated heterocycles. The average Bonchev–Trinajstić information content (AvgIpc) is 2.60. The fraction of sp³-hybridized carbons (Fsp3) is 0.529. The number of anilines is 1. The molecule has 7 heteroatoms. The first-order valence-corrected chi connectivity index (χ1v) is 8.44. The van der Waals surface area contributed by atoms with Gasteiger partial charge in [-0.25, -0.2) is 0 Å². The van der Waals surface area contributed by atoms with E-state index in [1.54, 1.807) is 37.1 Å². The number of nitrogens with one attached hydrogen (secondary N) is 1. The van der Waals surface area contributed by atoms with Crippen LogP contribution in [-0.4, -0.2) is 50.1 Å². The van der Waals surface area contributed by atoms with Crippen molar-refractivity contribution in [3.05, 3.63) is 23.2 Å². The van der Waals surface area contributed by atoms with E-state index in [9.17, 15) is 9.59 Å². The molecule has 0 bridgehead atoms. The standard InChI is InChI=1S/C17H23ClN2O4/c1-3-24-17(22)12-6-8-20(9-7-12)16(21)11-19-14-10-13(18)4-5-15(14)23-2/h4-5,10,12,19H,3,6-9,11H2,1-2H3. The zero-order valence-corrected chi connectivity index (χ0v) is 14.8. The predicted octanol–water partition coefficient (Wildman–Crippen LogP) is 2.56. The zero-order valence-electron chi connectivity index (χ0n) is 14.0. The number of amides is 1. The van der Waals surface area contributed by atoms with E-state index in [0.29, 0.717) is 49.0 Å². The van der Waals surface area contributed by atoms with Gasteiger partial charge in [-0.1, -0.05) is 11.6 Å². The lowest BCUT2D eigenvalue weighted by molar-refractivity contribution is -0.151. The summed E-state index contributed by atoms with van der Waals surface area (Å²) in [5.41, 5.74) is 0.680. The highest BCUT2D eigenvalue weighted by molar-refractivity contribution is 6.30. The van der Waals surface area contributed by atoms with Gasteiger partial charge in [0.2, 0.25) is 5.91 Å². The van der Waals surface area contributed by atoms with Gasteiger partial charge in [0, 0.05) is 18.1 Å². The molecule has 1 N–H and O–H groups in total. The molecule has 1 aliphatic rings. The maximum absolute atomic E-state index is 12.3. The molecule has 132 valence electrons. The number of ether oxygens (including phenoxy) is 2. The Bertz CT molecular complexity index is 586. The number of hydrogen-bond donors (Lipinski definition) is 1. The second-order valence-corrected chi connectivity index (χ2v) is 6.04. The monoisotopic (exact) mass is 354 g/mol. The smallest absolute Gasteiger partial charge is 0.309 e. The Morgan fingerprint density at radius 1 is 1.33 bits per heavy atom. The summed E-state index contributed by atoms with van der Waals surface area (Å²) < 4.78 is 10.3. The van der Waals surface area contributed by atoms with Crippen molar-refractivity contribution >= 4 is 29.2 Å². The summed E-state index contributed by atoms with van der Waals surface area (Å²) in [6.45, 7) is 3.48. The summed E-state index contributed by atoms with van der Waals surface area (Å²) in [6.07, 6.45) is 1.29. The van der Waals surface area contributed by atoms with E-state index < -0.39 is 0 Å². The van der Waals surface area contributed by atoms with Crippen molar-refractivity contribution in [1.29, 1.82) is 0 Å². The number of halogens is 1. The van der Waals surface area contributed by atoms with E-state index >= 15 is 0 Å². The van der Waals surface area contributed by atoms with E-state index in [2.05, 4.69) is 5.32 Å². The second kappa shape index (κ2) is 8.78. The number of nitrogens with zero attached hydrogens (tertiary/aromatic N) is 1. The van der Waals surface area contributed by atoms with Crippen molar-refractivity contribution in [1.82, 2.24) is 4.90 Å². The quantitative estimate of drug-likeness (QED) is 0.795. The van der Waals surface area contributed by atoms with Crippen LogP contribution in [0.3, 0.4) is 0 Å². The lowest BCUT2D eigenvalue weighted by atomic mass is 9.97. The van der Waals surface area contributed by atoms with Gasteiger partial charge in [-0.3, -0.25) is 9.59 Å². The highest BCUT2D eigenvalue weighted by atomic mass is 35.5. The highest BCUT2D eigenvalue weighted by Gasteiger charge is 2.28. The number of esters is 1. The minimum atomic E-state index is -0.161. The topological polar surface area (TPSA) is 67.9 Å². The number of benzene rings is 1. The number of methoxy groups -OCH3 is 1. The van der Waals surface area contributed by atoms with E-state index in [1.165, 1.54) is 0 Å². The molecule has 0 aromatic heterocycles. The van der Waals surface area contributed by atoms with Crippen LogP contribution in [0.5, 0.6) is 5.75 Å². The van der Waals surface area contributed by atoms with Crippen molar-refractivity contribution in [2.45, 2.75) is 19.8 Å². The van der Waals surface area contributed by atoms with Crippen molar-refractivity contribution < 1.29 is 19.1 Å². The van der Waals surface area contributed by atoms with Crippen LogP contribution >= 0.6 is 11.6 Å². The maximum Gasteiger partial charge on any atom is 0.309 e. The van der Waals surface area contributed by atoms with Gasteiger partial charge in [0.25, 0.3) is 0 Å².